The van der Waals surface area contributed by atoms with Crippen LogP contribution in [-0.2, 0) is 4.74 Å². The second kappa shape index (κ2) is 8.94. The van der Waals surface area contributed by atoms with Gasteiger partial charge in [-0.15, -0.1) is 0 Å². The third kappa shape index (κ3) is 3.96. The van der Waals surface area contributed by atoms with Crippen LogP contribution in [0.5, 0.6) is 17.2 Å². The van der Waals surface area contributed by atoms with Crippen molar-refractivity contribution in [2.24, 2.45) is 0 Å². The fraction of sp³-hybridized carbons (Fsp3) is 0.476. The molecule has 1 saturated heterocycles. The van der Waals surface area contributed by atoms with Gasteiger partial charge in [0.2, 0.25) is 5.75 Å². The van der Waals surface area contributed by atoms with Gasteiger partial charge < -0.3 is 29.4 Å². The van der Waals surface area contributed by atoms with Gasteiger partial charge in [-0.3, -0.25) is 4.57 Å². The highest BCUT2D eigenvalue weighted by molar-refractivity contribution is 5.83. The molecule has 0 radical (unpaired) electrons. The Balaban J connectivity index is 1.62. The van der Waals surface area contributed by atoms with Crippen LogP contribution in [0, 0.1) is 0 Å². The van der Waals surface area contributed by atoms with E-state index in [0.29, 0.717) is 34.2 Å². The molecule has 3 heterocycles. The van der Waals surface area contributed by atoms with Crippen molar-refractivity contribution in [2.75, 3.05) is 33.3 Å². The molecule has 2 N–H and O–H groups in total. The van der Waals surface area contributed by atoms with Gasteiger partial charge in [-0.2, -0.15) is 0 Å². The van der Waals surface area contributed by atoms with Crippen molar-refractivity contribution in [3.63, 3.8) is 0 Å². The van der Waals surface area contributed by atoms with E-state index in [0.717, 1.165) is 18.4 Å². The lowest BCUT2D eigenvalue weighted by Crippen LogP contribution is -2.14. The van der Waals surface area contributed by atoms with E-state index in [1.807, 2.05) is 23.6 Å². The summed E-state index contributed by atoms with van der Waals surface area (Å²) in [4.78, 5) is 13.3. The Labute approximate surface area is 180 Å². The topological polar surface area (TPSA) is 113 Å². The Morgan fingerprint density at radius 3 is 2.48 bits per heavy atom. The van der Waals surface area contributed by atoms with Crippen LogP contribution in [0.2, 0.25) is 0 Å². The van der Waals surface area contributed by atoms with Crippen molar-refractivity contribution < 1.29 is 24.1 Å². The zero-order chi connectivity index (χ0) is 22.0. The molecule has 10 heteroatoms. The first kappa shape index (κ1) is 21.1. The summed E-state index contributed by atoms with van der Waals surface area (Å²) in [6, 6.07) is 3.67. The van der Waals surface area contributed by atoms with Crippen LogP contribution in [-0.4, -0.2) is 58.7 Å². The third-order valence-corrected chi connectivity index (χ3v) is 5.50. The predicted octanol–water partition coefficient (Wildman–Crippen LogP) is 2.70. The van der Waals surface area contributed by atoms with E-state index in [2.05, 4.69) is 20.3 Å². The molecule has 1 aliphatic rings. The van der Waals surface area contributed by atoms with Gasteiger partial charge in [0.25, 0.3) is 0 Å². The molecule has 4 rings (SSSR count). The highest BCUT2D eigenvalue weighted by Gasteiger charge is 2.28. The number of rotatable bonds is 8. The maximum Gasteiger partial charge on any atom is 0.203 e. The zero-order valence-electron chi connectivity index (χ0n) is 18.0. The van der Waals surface area contributed by atoms with Gasteiger partial charge >= 0.3 is 0 Å². The van der Waals surface area contributed by atoms with Crippen LogP contribution in [0.4, 0.5) is 5.82 Å². The van der Waals surface area contributed by atoms with Crippen LogP contribution in [0.25, 0.3) is 11.2 Å². The first-order chi connectivity index (χ1) is 15.1. The molecule has 10 nitrogen and oxygen atoms in total. The van der Waals surface area contributed by atoms with Crippen molar-refractivity contribution in [1.29, 1.82) is 0 Å². The molecule has 1 fully saturated rings. The minimum Gasteiger partial charge on any atom is -0.493 e. The van der Waals surface area contributed by atoms with E-state index in [-0.39, 0.29) is 25.0 Å². The number of hydrogen-bond donors (Lipinski definition) is 2. The number of nitrogens with one attached hydrogen (secondary N) is 1. The molecule has 3 unspecified atom stereocenters. The standard InChI is InChI=1S/C21H27N5O5/c1-12(13-7-15(28-2)19(30-4)16(8-13)29-3)25-20-18-21(23-10-22-20)26(11-24-18)17-6-5-14(9-27)31-17/h7-8,10-12,14,17,27H,5-6,9H2,1-4H3,(H,22,23,25). The summed E-state index contributed by atoms with van der Waals surface area (Å²) < 4.78 is 24.1. The van der Waals surface area contributed by atoms with Gasteiger partial charge in [0, 0.05) is 0 Å². The Bertz CT molecular complexity index is 1030. The van der Waals surface area contributed by atoms with Gasteiger partial charge in [-0.25, -0.2) is 15.0 Å². The molecule has 0 aliphatic carbocycles. The minimum absolute atomic E-state index is 0.0111. The monoisotopic (exact) mass is 429 g/mol. The minimum atomic E-state index is -0.197. The Hall–Kier alpha value is -3.11. The lowest BCUT2D eigenvalue weighted by atomic mass is 10.1. The number of nitrogens with zero attached hydrogens (tertiary/aromatic N) is 4. The molecular weight excluding hydrogens is 402 g/mol. The first-order valence-corrected chi connectivity index (χ1v) is 10.1. The molecule has 0 spiro atoms. The van der Waals surface area contributed by atoms with Crippen molar-refractivity contribution in [1.82, 2.24) is 19.5 Å². The summed E-state index contributed by atoms with van der Waals surface area (Å²) in [5.41, 5.74) is 2.27. The molecule has 31 heavy (non-hydrogen) atoms. The number of fused-ring (bicyclic) bond motifs is 1. The second-order valence-electron chi connectivity index (χ2n) is 7.34. The molecule has 1 aromatic carbocycles. The number of methoxy groups -OCH3 is 3. The van der Waals surface area contributed by atoms with Gasteiger partial charge in [-0.05, 0) is 37.5 Å². The Morgan fingerprint density at radius 1 is 1.13 bits per heavy atom. The molecular formula is C21H27N5O5. The normalized spacial score (nSPS) is 19.4. The summed E-state index contributed by atoms with van der Waals surface area (Å²) in [6.45, 7) is 2.02. The van der Waals surface area contributed by atoms with Gasteiger partial charge in [0.1, 0.15) is 12.6 Å². The number of benzene rings is 1. The lowest BCUT2D eigenvalue weighted by molar-refractivity contribution is -0.0207. The van der Waals surface area contributed by atoms with E-state index >= 15 is 0 Å². The van der Waals surface area contributed by atoms with Gasteiger partial charge in [-0.1, -0.05) is 0 Å². The molecule has 1 aliphatic heterocycles. The molecule has 166 valence electrons. The Morgan fingerprint density at radius 2 is 1.87 bits per heavy atom. The van der Waals surface area contributed by atoms with E-state index in [4.69, 9.17) is 18.9 Å². The molecule has 0 bridgehead atoms. The number of aromatic nitrogens is 4. The van der Waals surface area contributed by atoms with Gasteiger partial charge in [0.05, 0.1) is 46.4 Å². The number of ether oxygens (including phenoxy) is 4. The summed E-state index contributed by atoms with van der Waals surface area (Å²) in [5, 5.41) is 12.7. The third-order valence-electron chi connectivity index (χ3n) is 5.50. The van der Waals surface area contributed by atoms with Crippen molar-refractivity contribution in [3.8, 4) is 17.2 Å². The molecule has 2 aromatic heterocycles. The molecule has 3 atom stereocenters. The average Bonchev–Trinajstić information content (AvgIpc) is 3.45. The number of imidazole rings is 1. The number of anilines is 1. The van der Waals surface area contributed by atoms with Crippen LogP contribution in [0.1, 0.15) is 37.6 Å². The largest absolute Gasteiger partial charge is 0.493 e. The lowest BCUT2D eigenvalue weighted by Gasteiger charge is -2.19. The van der Waals surface area contributed by atoms with Crippen molar-refractivity contribution in [2.45, 2.75) is 38.1 Å². The van der Waals surface area contributed by atoms with E-state index in [1.165, 1.54) is 6.33 Å². The summed E-state index contributed by atoms with van der Waals surface area (Å²) in [7, 11) is 4.75. The SMILES string of the molecule is COc1cc(C(C)Nc2ncnc3c2ncn3C2CCC(CO)O2)cc(OC)c1OC. The van der Waals surface area contributed by atoms with Crippen LogP contribution in [0.15, 0.2) is 24.8 Å². The maximum atomic E-state index is 9.34. The zero-order valence-corrected chi connectivity index (χ0v) is 18.0. The number of aliphatic hydroxyl groups excluding tert-OH is 1. The van der Waals surface area contributed by atoms with Gasteiger partial charge in [0.15, 0.2) is 28.5 Å². The quantitative estimate of drug-likeness (QED) is 0.558. The van der Waals surface area contributed by atoms with E-state index in [9.17, 15) is 5.11 Å². The highest BCUT2D eigenvalue weighted by Crippen LogP contribution is 2.40. The number of hydrogen-bond acceptors (Lipinski definition) is 9. The summed E-state index contributed by atoms with van der Waals surface area (Å²) in [6.07, 6.45) is 4.46. The number of aliphatic hydroxyl groups is 1. The van der Waals surface area contributed by atoms with Crippen LogP contribution >= 0.6 is 0 Å². The molecule has 0 amide bonds. The Kier molecular flexibility index (Phi) is 6.10. The fourth-order valence-electron chi connectivity index (χ4n) is 3.83. The van der Waals surface area contributed by atoms with Crippen molar-refractivity contribution >= 4 is 17.0 Å². The van der Waals surface area contributed by atoms with Crippen LogP contribution in [0.3, 0.4) is 0 Å². The molecule has 3 aromatic rings. The highest BCUT2D eigenvalue weighted by atomic mass is 16.5. The molecule has 0 saturated carbocycles. The summed E-state index contributed by atoms with van der Waals surface area (Å²) >= 11 is 0. The predicted molar refractivity (Wildman–Crippen MR) is 114 cm³/mol. The first-order valence-electron chi connectivity index (χ1n) is 10.1. The second-order valence-corrected chi connectivity index (χ2v) is 7.34. The summed E-state index contributed by atoms with van der Waals surface area (Å²) in [5.74, 6) is 2.32. The fourth-order valence-corrected chi connectivity index (χ4v) is 3.83. The van der Waals surface area contributed by atoms with E-state index in [1.54, 1.807) is 27.7 Å². The van der Waals surface area contributed by atoms with Crippen LogP contribution < -0.4 is 19.5 Å². The van der Waals surface area contributed by atoms with E-state index < -0.39 is 0 Å². The smallest absolute Gasteiger partial charge is 0.203 e. The maximum absolute atomic E-state index is 9.34. The average molecular weight is 429 g/mol. The van der Waals surface area contributed by atoms with Crippen molar-refractivity contribution in [3.05, 3.63) is 30.4 Å².